The lowest BCUT2D eigenvalue weighted by Gasteiger charge is -2.46. The van der Waals surface area contributed by atoms with Crippen LogP contribution >= 0.6 is 0 Å². The molecule has 9 aromatic carbocycles. The van der Waals surface area contributed by atoms with Crippen molar-refractivity contribution in [3.8, 4) is 5.75 Å². The van der Waals surface area contributed by atoms with Gasteiger partial charge in [0.2, 0.25) is 29.1 Å². The second-order valence-electron chi connectivity index (χ2n) is 17.7. The molecule has 0 aromatic heterocycles. The predicted octanol–water partition coefficient (Wildman–Crippen LogP) is 13.0. The van der Waals surface area contributed by atoms with Crippen molar-refractivity contribution in [1.29, 1.82) is 0 Å². The SMILES string of the molecule is Fc1c(F)c(F)c(O[B-](c2c(F)c(F)c(F)c(F)c2F)(c2c(F)c(F)c(F)c(F)c2F)c2c(F)c(F)c(F)c(F)c2B(c2c(F)c(F)c(F)c(F)c2F)c2c(F)c(F)c(F)c(F)c2F)c(F)c1F.c1ccc([C+](c2ccccc2)c2ccccc2)cc1. The highest BCUT2D eigenvalue weighted by atomic mass is 19.2. The van der Waals surface area contributed by atoms with E-state index in [4.69, 9.17) is 0 Å². The van der Waals surface area contributed by atoms with Crippen molar-refractivity contribution in [1.82, 2.24) is 0 Å². The van der Waals surface area contributed by atoms with Gasteiger partial charge in [-0.25, -0.2) is 119 Å². The lowest BCUT2D eigenvalue weighted by Crippen LogP contribution is -2.81. The maximum Gasteiger partial charge on any atom is 0.263 e. The quantitative estimate of drug-likeness (QED) is 0.0313. The summed E-state index contributed by atoms with van der Waals surface area (Å²) < 4.78 is 450. The Bertz CT molecular complexity index is 3890. The fourth-order valence-corrected chi connectivity index (χ4v) is 9.28. The van der Waals surface area contributed by atoms with Crippen LogP contribution in [0.15, 0.2) is 91.0 Å². The van der Waals surface area contributed by atoms with Crippen LogP contribution in [0.25, 0.3) is 0 Å². The third-order valence-electron chi connectivity index (χ3n) is 13.1. The molecule has 0 aliphatic carbocycles. The molecule has 0 fully saturated rings. The van der Waals surface area contributed by atoms with Crippen molar-refractivity contribution < 1.29 is 132 Å². The van der Waals surface area contributed by atoms with E-state index in [-0.39, 0.29) is 0 Å². The number of benzene rings is 9. The topological polar surface area (TPSA) is 9.23 Å². The molecule has 0 heterocycles. The molecule has 9 aromatic rings. The van der Waals surface area contributed by atoms with Crippen LogP contribution in [0.4, 0.5) is 127 Å². The van der Waals surface area contributed by atoms with E-state index in [0.29, 0.717) is 0 Å². The summed E-state index contributed by atoms with van der Waals surface area (Å²) in [6.07, 6.45) is -8.08. The zero-order valence-electron chi connectivity index (χ0n) is 41.2. The molecule has 0 bridgehead atoms. The Kier molecular flexibility index (Phi) is 17.5. The second-order valence-corrected chi connectivity index (χ2v) is 17.7. The molecule has 9 rings (SSSR count). The third-order valence-corrected chi connectivity index (χ3v) is 13.1. The summed E-state index contributed by atoms with van der Waals surface area (Å²) in [4.78, 5) is 0. The van der Waals surface area contributed by atoms with Crippen LogP contribution in [0.2, 0.25) is 0 Å². The Morgan fingerprint density at radius 1 is 0.218 bits per heavy atom. The minimum absolute atomic E-state index is 1.25. The molecule has 0 saturated heterocycles. The molecule has 0 atom stereocenters. The van der Waals surface area contributed by atoms with Gasteiger partial charge in [0.1, 0.15) is 34.8 Å². The van der Waals surface area contributed by atoms with Crippen LogP contribution in [-0.2, 0) is 0 Å². The first-order chi connectivity index (χ1) is 40.8. The van der Waals surface area contributed by atoms with Gasteiger partial charge in [-0.15, -0.1) is 5.46 Å². The van der Waals surface area contributed by atoms with E-state index in [1.165, 1.54) is 22.6 Å². The largest absolute Gasteiger partial charge is 0.698 e. The highest BCUT2D eigenvalue weighted by molar-refractivity contribution is 7.12. The van der Waals surface area contributed by atoms with Crippen molar-refractivity contribution >= 4 is 45.8 Å². The third kappa shape index (κ3) is 10.1. The Labute approximate surface area is 465 Å². The maximum atomic E-state index is 17.0. The zero-order valence-corrected chi connectivity index (χ0v) is 41.2. The molecule has 32 heteroatoms. The fourth-order valence-electron chi connectivity index (χ4n) is 9.28. The standard InChI is InChI=1S/C36B2F29O.C19H15/c39-7-1(37(2-8(40)18(50)27(59)19(51)9(2)41)3-10(42)20(52)28(60)21(53)11(3)43)4(12(44)22(54)17(7)49)38(5-13(45)23(55)29(61)24(56)14(5)46,6-15(47)25(57)30(62)26(58)16(6)48)68-36-34(66)32(64)31(63)33(65)35(36)67;1-4-10-16(11-5-1)19(17-12-6-2-7-13-17)18-14-8-3-9-15-18/h;1-15H/q-1;+1. The molecule has 1 nitrogen and oxygen atoms in total. The normalized spacial score (nSPS) is 11.5. The van der Waals surface area contributed by atoms with Gasteiger partial charge in [0, 0.05) is 10.9 Å². The summed E-state index contributed by atoms with van der Waals surface area (Å²) in [5.74, 6) is -114. The Hall–Kier alpha value is -9.25. The van der Waals surface area contributed by atoms with Crippen LogP contribution < -0.4 is 37.4 Å². The van der Waals surface area contributed by atoms with Gasteiger partial charge in [-0.1, -0.05) is 34.6 Å². The Balaban J connectivity index is 0.000000434. The minimum atomic E-state index is -8.08. The van der Waals surface area contributed by atoms with E-state index >= 15 is 79.0 Å². The van der Waals surface area contributed by atoms with E-state index in [0.717, 1.165) is 0 Å². The number of hydrogen-bond donors (Lipinski definition) is 0. The van der Waals surface area contributed by atoms with Crippen LogP contribution in [0.3, 0.4) is 0 Å². The molecule has 0 aliphatic heterocycles. The first kappa shape index (κ1) is 63.8. The summed E-state index contributed by atoms with van der Waals surface area (Å²) in [7, 11) is 0. The summed E-state index contributed by atoms with van der Waals surface area (Å²) in [6.45, 7) is -5.31. The first-order valence-electron chi connectivity index (χ1n) is 23.1. The number of halogens is 29. The average molecular weight is 1260 g/mol. The van der Waals surface area contributed by atoms with Crippen LogP contribution in [0, 0.1) is 175 Å². The van der Waals surface area contributed by atoms with Crippen molar-refractivity contribution in [2.24, 2.45) is 0 Å². The van der Waals surface area contributed by atoms with Crippen molar-refractivity contribution in [2.45, 2.75) is 0 Å². The monoisotopic (exact) mass is 1260 g/mol. The summed E-state index contributed by atoms with van der Waals surface area (Å²) in [5, 5.41) is 0. The predicted molar refractivity (Wildman–Crippen MR) is 247 cm³/mol. The molecule has 0 aliphatic rings. The van der Waals surface area contributed by atoms with Crippen molar-refractivity contribution in [3.63, 3.8) is 0 Å². The van der Waals surface area contributed by atoms with Gasteiger partial charge in [-0.3, -0.25) is 0 Å². The molecule has 0 radical (unpaired) electrons. The highest BCUT2D eigenvalue weighted by Gasteiger charge is 2.54. The van der Waals surface area contributed by atoms with Crippen LogP contribution in [0.1, 0.15) is 16.7 Å². The van der Waals surface area contributed by atoms with Gasteiger partial charge in [0.25, 0.3) is 13.1 Å². The molecule has 0 spiro atoms. The number of hydrogen-bond acceptors (Lipinski definition) is 1. The minimum Gasteiger partial charge on any atom is -0.698 e. The van der Waals surface area contributed by atoms with E-state index in [9.17, 15) is 48.3 Å². The van der Waals surface area contributed by atoms with Crippen LogP contribution in [0.5, 0.6) is 5.75 Å². The zero-order chi connectivity index (χ0) is 64.5. The van der Waals surface area contributed by atoms with Gasteiger partial charge in [0.05, 0.1) is 22.6 Å². The van der Waals surface area contributed by atoms with Crippen molar-refractivity contribution in [3.05, 3.63) is 282 Å². The molecular weight excluding hydrogens is 1250 g/mol. The lowest BCUT2D eigenvalue weighted by atomic mass is 9.22. The van der Waals surface area contributed by atoms with Gasteiger partial charge in [0.15, 0.2) is 111 Å². The van der Waals surface area contributed by atoms with Gasteiger partial charge in [-0.05, 0) is 72.8 Å². The second kappa shape index (κ2) is 23.9. The molecule has 0 amide bonds. The van der Waals surface area contributed by atoms with Gasteiger partial charge >= 0.3 is 0 Å². The smallest absolute Gasteiger partial charge is 0.263 e. The molecule has 0 saturated carbocycles. The van der Waals surface area contributed by atoms with E-state index in [1.54, 1.807) is 0 Å². The van der Waals surface area contributed by atoms with E-state index in [2.05, 4.69) is 95.6 Å². The van der Waals surface area contributed by atoms with Crippen LogP contribution in [-0.4, -0.2) is 13.1 Å². The van der Waals surface area contributed by atoms with Crippen molar-refractivity contribution in [2.75, 3.05) is 0 Å². The van der Waals surface area contributed by atoms with Gasteiger partial charge < -0.3 is 4.65 Å². The van der Waals surface area contributed by atoms with E-state index in [1.807, 2.05) is 0 Å². The molecule has 0 unspecified atom stereocenters. The Morgan fingerprint density at radius 3 is 0.667 bits per heavy atom. The fraction of sp³-hybridized carbons (Fsp3) is 0. The molecular formula is C55H15B2F29O. The lowest BCUT2D eigenvalue weighted by molar-refractivity contribution is 0.345. The highest BCUT2D eigenvalue weighted by Crippen LogP contribution is 2.36. The summed E-state index contributed by atoms with van der Waals surface area (Å²) >= 11 is 0. The molecule has 0 N–H and O–H groups in total. The number of rotatable bonds is 11. The first-order valence-corrected chi connectivity index (χ1v) is 23.1. The van der Waals surface area contributed by atoms with Gasteiger partial charge in [-0.2, -0.15) is 8.78 Å². The van der Waals surface area contributed by atoms with E-state index < -0.39 is 220 Å². The molecule has 450 valence electrons. The maximum absolute atomic E-state index is 17.0. The summed E-state index contributed by atoms with van der Waals surface area (Å²) in [5.41, 5.74) is -19.8. The molecule has 87 heavy (non-hydrogen) atoms. The average Bonchev–Trinajstić information content (AvgIpc) is 0.705. The Morgan fingerprint density at radius 2 is 0.414 bits per heavy atom. The summed E-state index contributed by atoms with van der Waals surface area (Å²) in [6, 6.07) is 31.6.